The Morgan fingerprint density at radius 1 is 1.67 bits per heavy atom. The van der Waals surface area contributed by atoms with Crippen LogP contribution in [-0.4, -0.2) is 17.8 Å². The van der Waals surface area contributed by atoms with E-state index >= 15 is 0 Å². The molecule has 66 valence electrons. The number of thioether (sulfide) groups is 1. The normalized spacial score (nSPS) is 10.1. The highest BCUT2D eigenvalue weighted by Gasteiger charge is 2.04. The first kappa shape index (κ1) is 9.39. The minimum atomic E-state index is 0.249. The van der Waals surface area contributed by atoms with Crippen molar-refractivity contribution in [3.63, 3.8) is 0 Å². The molecule has 0 bridgehead atoms. The van der Waals surface area contributed by atoms with Gasteiger partial charge in [-0.15, -0.1) is 0 Å². The maximum atomic E-state index is 11.2. The van der Waals surface area contributed by atoms with Crippen LogP contribution in [0.2, 0.25) is 0 Å². The smallest absolute Gasteiger partial charge is 0.141 e. The van der Waals surface area contributed by atoms with Gasteiger partial charge in [-0.25, -0.2) is 0 Å². The van der Waals surface area contributed by atoms with Crippen LogP contribution in [0.15, 0.2) is 22.8 Å². The summed E-state index contributed by atoms with van der Waals surface area (Å²) in [5.41, 5.74) is 0. The highest BCUT2D eigenvalue weighted by atomic mass is 32.2. The SMILES string of the molecule is CSCCC(=O)Cc1ccco1. The van der Waals surface area contributed by atoms with Crippen LogP contribution in [0.1, 0.15) is 12.2 Å². The lowest BCUT2D eigenvalue weighted by molar-refractivity contribution is -0.118. The van der Waals surface area contributed by atoms with E-state index in [9.17, 15) is 4.79 Å². The summed E-state index contributed by atoms with van der Waals surface area (Å²) < 4.78 is 5.06. The van der Waals surface area contributed by atoms with Gasteiger partial charge < -0.3 is 4.42 Å². The van der Waals surface area contributed by atoms with Crippen molar-refractivity contribution in [3.05, 3.63) is 24.2 Å². The zero-order valence-corrected chi connectivity index (χ0v) is 7.89. The molecule has 0 amide bonds. The molecule has 0 radical (unpaired) electrons. The highest BCUT2D eigenvalue weighted by molar-refractivity contribution is 7.98. The predicted octanol–water partition coefficient (Wildman–Crippen LogP) is 2.14. The summed E-state index contributed by atoms with van der Waals surface area (Å²) >= 11 is 1.69. The minimum Gasteiger partial charge on any atom is -0.469 e. The Bertz CT molecular complexity index is 229. The van der Waals surface area contributed by atoms with Gasteiger partial charge in [0.05, 0.1) is 12.7 Å². The average Bonchev–Trinajstić information content (AvgIpc) is 2.53. The number of hydrogen-bond acceptors (Lipinski definition) is 3. The Hall–Kier alpha value is -0.700. The highest BCUT2D eigenvalue weighted by Crippen LogP contribution is 2.04. The van der Waals surface area contributed by atoms with Crippen LogP contribution >= 0.6 is 11.8 Å². The second-order valence-corrected chi connectivity index (χ2v) is 3.52. The first-order valence-electron chi connectivity index (χ1n) is 3.86. The largest absolute Gasteiger partial charge is 0.469 e. The van der Waals surface area contributed by atoms with Gasteiger partial charge >= 0.3 is 0 Å². The summed E-state index contributed by atoms with van der Waals surface area (Å²) in [5.74, 6) is 1.92. The zero-order valence-electron chi connectivity index (χ0n) is 7.08. The van der Waals surface area contributed by atoms with Gasteiger partial charge in [0.2, 0.25) is 0 Å². The summed E-state index contributed by atoms with van der Waals surface area (Å²) in [4.78, 5) is 11.2. The molecule has 1 rings (SSSR count). The number of furan rings is 1. The first-order chi connectivity index (χ1) is 5.83. The van der Waals surface area contributed by atoms with E-state index in [0.717, 1.165) is 11.5 Å². The molecule has 1 aromatic rings. The lowest BCUT2D eigenvalue weighted by atomic mass is 10.2. The lowest BCUT2D eigenvalue weighted by Crippen LogP contribution is -2.02. The van der Waals surface area contributed by atoms with Crippen molar-refractivity contribution < 1.29 is 9.21 Å². The van der Waals surface area contributed by atoms with Crippen LogP contribution in [0.3, 0.4) is 0 Å². The van der Waals surface area contributed by atoms with Crippen molar-refractivity contribution in [2.45, 2.75) is 12.8 Å². The number of hydrogen-bond donors (Lipinski definition) is 0. The van der Waals surface area contributed by atoms with Crippen LogP contribution in [0.4, 0.5) is 0 Å². The summed E-state index contributed by atoms with van der Waals surface area (Å²) in [6.07, 6.45) is 4.67. The van der Waals surface area contributed by atoms with Crippen LogP contribution in [-0.2, 0) is 11.2 Å². The molecular weight excluding hydrogens is 172 g/mol. The van der Waals surface area contributed by atoms with E-state index in [4.69, 9.17) is 4.42 Å². The number of carbonyl (C=O) groups excluding carboxylic acids is 1. The van der Waals surface area contributed by atoms with Gasteiger partial charge in [-0.2, -0.15) is 11.8 Å². The predicted molar refractivity (Wildman–Crippen MR) is 50.4 cm³/mol. The molecule has 0 aliphatic heterocycles. The quantitative estimate of drug-likeness (QED) is 0.702. The van der Waals surface area contributed by atoms with E-state index in [1.807, 2.05) is 12.3 Å². The first-order valence-corrected chi connectivity index (χ1v) is 5.25. The van der Waals surface area contributed by atoms with Gasteiger partial charge in [0.25, 0.3) is 0 Å². The van der Waals surface area contributed by atoms with Crippen LogP contribution < -0.4 is 0 Å². The topological polar surface area (TPSA) is 30.2 Å². The second-order valence-electron chi connectivity index (χ2n) is 2.54. The van der Waals surface area contributed by atoms with Gasteiger partial charge in [-0.05, 0) is 24.1 Å². The molecule has 12 heavy (non-hydrogen) atoms. The number of ketones is 1. The van der Waals surface area contributed by atoms with Crippen molar-refractivity contribution in [3.8, 4) is 0 Å². The van der Waals surface area contributed by atoms with Gasteiger partial charge in [-0.3, -0.25) is 4.79 Å². The van der Waals surface area contributed by atoms with Gasteiger partial charge in [0.15, 0.2) is 0 Å². The van der Waals surface area contributed by atoms with Crippen molar-refractivity contribution in [1.82, 2.24) is 0 Å². The Morgan fingerprint density at radius 2 is 2.50 bits per heavy atom. The number of Topliss-reactive ketones (excluding diaryl/α,β-unsaturated/α-hetero) is 1. The molecule has 0 fully saturated rings. The number of carbonyl (C=O) groups is 1. The Kier molecular flexibility index (Phi) is 3.94. The summed E-state index contributed by atoms with van der Waals surface area (Å²) in [6, 6.07) is 3.63. The molecule has 3 heteroatoms. The molecule has 0 aliphatic rings. The maximum absolute atomic E-state index is 11.2. The summed E-state index contributed by atoms with van der Waals surface area (Å²) in [5, 5.41) is 0. The van der Waals surface area contributed by atoms with Crippen molar-refractivity contribution >= 4 is 17.5 Å². The third-order valence-corrected chi connectivity index (χ3v) is 2.15. The van der Waals surface area contributed by atoms with E-state index in [1.54, 1.807) is 24.1 Å². The van der Waals surface area contributed by atoms with Gasteiger partial charge in [-0.1, -0.05) is 0 Å². The zero-order chi connectivity index (χ0) is 8.81. The summed E-state index contributed by atoms with van der Waals surface area (Å²) in [7, 11) is 0. The maximum Gasteiger partial charge on any atom is 0.141 e. The number of rotatable bonds is 5. The standard InChI is InChI=1S/C9H12O2S/c1-12-6-4-8(10)7-9-3-2-5-11-9/h2-3,5H,4,6-7H2,1H3. The minimum absolute atomic E-state index is 0.249. The fourth-order valence-electron chi connectivity index (χ4n) is 0.912. The molecule has 0 unspecified atom stereocenters. The molecule has 0 N–H and O–H groups in total. The molecule has 1 aromatic heterocycles. The van der Waals surface area contributed by atoms with Crippen LogP contribution in [0.25, 0.3) is 0 Å². The van der Waals surface area contributed by atoms with Gasteiger partial charge in [0.1, 0.15) is 11.5 Å². The molecule has 0 saturated carbocycles. The summed E-state index contributed by atoms with van der Waals surface area (Å²) in [6.45, 7) is 0. The monoisotopic (exact) mass is 184 g/mol. The molecule has 0 saturated heterocycles. The Morgan fingerprint density at radius 3 is 3.08 bits per heavy atom. The van der Waals surface area contributed by atoms with E-state index < -0.39 is 0 Å². The van der Waals surface area contributed by atoms with E-state index in [1.165, 1.54) is 0 Å². The van der Waals surface area contributed by atoms with Crippen molar-refractivity contribution in [2.75, 3.05) is 12.0 Å². The molecule has 2 nitrogen and oxygen atoms in total. The van der Waals surface area contributed by atoms with Crippen molar-refractivity contribution in [1.29, 1.82) is 0 Å². The van der Waals surface area contributed by atoms with E-state index in [0.29, 0.717) is 12.8 Å². The molecule has 0 aromatic carbocycles. The Labute approximate surface area is 76.3 Å². The lowest BCUT2D eigenvalue weighted by Gasteiger charge is -1.95. The second kappa shape index (κ2) is 5.04. The molecular formula is C9H12O2S. The van der Waals surface area contributed by atoms with Crippen molar-refractivity contribution in [2.24, 2.45) is 0 Å². The van der Waals surface area contributed by atoms with Crippen LogP contribution in [0, 0.1) is 0 Å². The van der Waals surface area contributed by atoms with E-state index in [2.05, 4.69) is 0 Å². The van der Waals surface area contributed by atoms with Crippen LogP contribution in [0.5, 0.6) is 0 Å². The van der Waals surface area contributed by atoms with E-state index in [-0.39, 0.29) is 5.78 Å². The fourth-order valence-corrected chi connectivity index (χ4v) is 1.34. The average molecular weight is 184 g/mol. The third kappa shape index (κ3) is 3.13. The molecule has 0 spiro atoms. The molecule has 0 aliphatic carbocycles. The van der Waals surface area contributed by atoms with Gasteiger partial charge in [0, 0.05) is 6.42 Å². The third-order valence-electron chi connectivity index (χ3n) is 1.54. The molecule has 0 atom stereocenters. The molecule has 1 heterocycles. The fraction of sp³-hybridized carbons (Fsp3) is 0.444. The Balaban J connectivity index is 2.27.